The maximum absolute atomic E-state index is 13.5. The molecule has 0 amide bonds. The molecule has 0 radical (unpaired) electrons. The summed E-state index contributed by atoms with van der Waals surface area (Å²) >= 11 is 0. The smallest absolute Gasteiger partial charge is 0.203 e. The van der Waals surface area contributed by atoms with Gasteiger partial charge >= 0.3 is 0 Å². The Hall–Kier alpha value is -3.19. The van der Waals surface area contributed by atoms with E-state index in [1.54, 1.807) is 32.4 Å². The van der Waals surface area contributed by atoms with Crippen LogP contribution in [-0.2, 0) is 14.3 Å². The number of hydrogen-bond acceptors (Lipinski definition) is 7. The van der Waals surface area contributed by atoms with Crippen LogP contribution in [0.25, 0.3) is 0 Å². The van der Waals surface area contributed by atoms with Gasteiger partial charge in [-0.05, 0) is 24.3 Å². The van der Waals surface area contributed by atoms with Gasteiger partial charge in [-0.1, -0.05) is 30.3 Å². The van der Waals surface area contributed by atoms with E-state index in [2.05, 4.69) is 5.32 Å². The summed E-state index contributed by atoms with van der Waals surface area (Å²) in [4.78, 5) is 25.3. The monoisotopic (exact) mass is 424 g/mol. The molecular formula is C24H28N2O5. The molecule has 0 aliphatic carbocycles. The Labute approximate surface area is 182 Å². The summed E-state index contributed by atoms with van der Waals surface area (Å²) in [7, 11) is 3.10. The maximum Gasteiger partial charge on any atom is 0.203 e. The molecule has 2 aromatic rings. The number of ketones is 1. The Morgan fingerprint density at radius 1 is 1.10 bits per heavy atom. The van der Waals surface area contributed by atoms with Crippen LogP contribution in [-0.4, -0.2) is 45.2 Å². The molecule has 31 heavy (non-hydrogen) atoms. The highest BCUT2D eigenvalue weighted by atomic mass is 16.5. The number of methoxy groups -OCH3 is 2. The van der Waals surface area contributed by atoms with Gasteiger partial charge in [-0.25, -0.2) is 0 Å². The molecule has 7 heteroatoms. The molecule has 3 rings (SSSR count). The van der Waals surface area contributed by atoms with E-state index in [0.29, 0.717) is 48.8 Å². The zero-order chi connectivity index (χ0) is 22.2. The van der Waals surface area contributed by atoms with Crippen LogP contribution in [0.4, 0.5) is 5.69 Å². The lowest BCUT2D eigenvalue weighted by Gasteiger charge is -2.28. The average Bonchev–Trinajstić information content (AvgIpc) is 2.83. The second kappa shape index (κ2) is 10.7. The number of ether oxygens (including phenoxy) is 3. The van der Waals surface area contributed by atoms with Crippen molar-refractivity contribution in [1.82, 2.24) is 0 Å². The molecule has 7 nitrogen and oxygen atoms in total. The van der Waals surface area contributed by atoms with Crippen LogP contribution in [0.2, 0.25) is 0 Å². The minimum atomic E-state index is -0.826. The summed E-state index contributed by atoms with van der Waals surface area (Å²) in [5.41, 5.74) is 1.13. The van der Waals surface area contributed by atoms with Gasteiger partial charge in [0.1, 0.15) is 23.8 Å². The minimum Gasteiger partial charge on any atom is -0.497 e. The molecule has 1 aliphatic rings. The standard InChI is InChI=1S/C24H28N2O5/c1-29-19-12-18(13-20(14-19)30-2)26-23(17-6-4-3-5-7-17)24(28)22(25)21(15-27)16-8-10-31-11-9-16/h3-7,12-16,21,23,25-26H,8-11H2,1-2H3. The first-order valence-electron chi connectivity index (χ1n) is 10.3. The van der Waals surface area contributed by atoms with Gasteiger partial charge in [-0.15, -0.1) is 0 Å². The second-order valence-electron chi connectivity index (χ2n) is 7.48. The van der Waals surface area contributed by atoms with Crippen molar-refractivity contribution in [3.8, 4) is 11.5 Å². The highest BCUT2D eigenvalue weighted by molar-refractivity contribution is 6.43. The van der Waals surface area contributed by atoms with Gasteiger partial charge in [0, 0.05) is 37.1 Å². The van der Waals surface area contributed by atoms with Crippen molar-refractivity contribution in [3.63, 3.8) is 0 Å². The van der Waals surface area contributed by atoms with Crippen molar-refractivity contribution in [3.05, 3.63) is 54.1 Å². The van der Waals surface area contributed by atoms with Crippen molar-refractivity contribution < 1.29 is 23.8 Å². The number of hydrogen-bond donors (Lipinski definition) is 2. The molecule has 2 N–H and O–H groups in total. The van der Waals surface area contributed by atoms with Gasteiger partial charge in [-0.2, -0.15) is 0 Å². The van der Waals surface area contributed by atoms with Gasteiger partial charge in [0.2, 0.25) is 5.78 Å². The van der Waals surface area contributed by atoms with Gasteiger partial charge < -0.3 is 29.7 Å². The first kappa shape index (κ1) is 22.5. The molecule has 2 aromatic carbocycles. The Kier molecular flexibility index (Phi) is 7.78. The van der Waals surface area contributed by atoms with Gasteiger partial charge in [-0.3, -0.25) is 4.79 Å². The number of anilines is 1. The first-order valence-corrected chi connectivity index (χ1v) is 10.3. The zero-order valence-electron chi connectivity index (χ0n) is 17.8. The number of Topliss-reactive ketones (excluding diaryl/α,β-unsaturated/α-hetero) is 1. The SMILES string of the molecule is COc1cc(NC(C(=O)C(=N)C(C=O)C2CCOCC2)c2ccccc2)cc(OC)c1. The fraction of sp³-hybridized carbons (Fsp3) is 0.375. The summed E-state index contributed by atoms with van der Waals surface area (Å²) in [6.07, 6.45) is 2.05. The number of rotatable bonds is 10. The Balaban J connectivity index is 1.91. The third-order valence-electron chi connectivity index (χ3n) is 5.58. The van der Waals surface area contributed by atoms with E-state index in [0.717, 1.165) is 6.29 Å². The third-order valence-corrected chi connectivity index (χ3v) is 5.58. The maximum atomic E-state index is 13.5. The van der Waals surface area contributed by atoms with E-state index in [9.17, 15) is 9.59 Å². The topological polar surface area (TPSA) is 97.7 Å². The first-order chi connectivity index (χ1) is 15.1. The van der Waals surface area contributed by atoms with Gasteiger partial charge in [0.05, 0.1) is 25.8 Å². The largest absolute Gasteiger partial charge is 0.497 e. The van der Waals surface area contributed by atoms with E-state index in [1.165, 1.54) is 0 Å². The number of aldehydes is 1. The number of carbonyl (C=O) groups is 2. The van der Waals surface area contributed by atoms with E-state index in [4.69, 9.17) is 19.6 Å². The quantitative estimate of drug-likeness (QED) is 0.446. The molecular weight excluding hydrogens is 396 g/mol. The number of benzene rings is 2. The molecule has 1 saturated heterocycles. The van der Waals surface area contributed by atoms with Gasteiger partial charge in [0.25, 0.3) is 0 Å². The second-order valence-corrected chi connectivity index (χ2v) is 7.48. The van der Waals surface area contributed by atoms with Crippen molar-refractivity contribution in [2.75, 3.05) is 32.8 Å². The molecule has 2 unspecified atom stereocenters. The molecule has 0 aromatic heterocycles. The van der Waals surface area contributed by atoms with Crippen molar-refractivity contribution in [2.24, 2.45) is 11.8 Å². The molecule has 164 valence electrons. The van der Waals surface area contributed by atoms with Crippen LogP contribution in [0.1, 0.15) is 24.4 Å². The van der Waals surface area contributed by atoms with Crippen LogP contribution >= 0.6 is 0 Å². The summed E-state index contributed by atoms with van der Waals surface area (Å²) < 4.78 is 16.0. The van der Waals surface area contributed by atoms with Crippen LogP contribution in [0.15, 0.2) is 48.5 Å². The molecule has 2 atom stereocenters. The number of nitrogens with one attached hydrogen (secondary N) is 2. The molecule has 1 heterocycles. The summed E-state index contributed by atoms with van der Waals surface area (Å²) in [5.74, 6) is -0.0924. The van der Waals surface area contributed by atoms with Gasteiger partial charge in [0.15, 0.2) is 0 Å². The average molecular weight is 424 g/mol. The molecule has 0 bridgehead atoms. The number of carbonyl (C=O) groups excluding carboxylic acids is 2. The van der Waals surface area contributed by atoms with Crippen molar-refractivity contribution in [2.45, 2.75) is 18.9 Å². The normalized spacial score (nSPS) is 16.1. The van der Waals surface area contributed by atoms with Crippen LogP contribution in [0, 0.1) is 17.2 Å². The summed E-state index contributed by atoms with van der Waals surface area (Å²) in [6, 6.07) is 13.6. The predicted octanol–water partition coefficient (Wildman–Crippen LogP) is 3.69. The highest BCUT2D eigenvalue weighted by Crippen LogP contribution is 2.31. The molecule has 1 fully saturated rings. The molecule has 0 saturated carbocycles. The third kappa shape index (κ3) is 5.49. The van der Waals surface area contributed by atoms with Crippen molar-refractivity contribution in [1.29, 1.82) is 5.41 Å². The van der Waals surface area contributed by atoms with E-state index >= 15 is 0 Å². The molecule has 0 spiro atoms. The highest BCUT2D eigenvalue weighted by Gasteiger charge is 2.34. The van der Waals surface area contributed by atoms with Crippen molar-refractivity contribution >= 4 is 23.5 Å². The Bertz CT molecular complexity index is 887. The lowest BCUT2D eigenvalue weighted by Crippen LogP contribution is -2.37. The predicted molar refractivity (Wildman–Crippen MR) is 118 cm³/mol. The summed E-state index contributed by atoms with van der Waals surface area (Å²) in [6.45, 7) is 1.08. The lowest BCUT2D eigenvalue weighted by molar-refractivity contribution is -0.116. The van der Waals surface area contributed by atoms with Crippen LogP contribution < -0.4 is 14.8 Å². The van der Waals surface area contributed by atoms with E-state index < -0.39 is 17.7 Å². The minimum absolute atomic E-state index is 0.0592. The summed E-state index contributed by atoms with van der Waals surface area (Å²) in [5, 5.41) is 11.8. The fourth-order valence-corrected chi connectivity index (χ4v) is 3.81. The zero-order valence-corrected chi connectivity index (χ0v) is 17.8. The Morgan fingerprint density at radius 2 is 1.71 bits per heavy atom. The van der Waals surface area contributed by atoms with Crippen LogP contribution in [0.5, 0.6) is 11.5 Å². The lowest BCUT2D eigenvalue weighted by atomic mass is 9.80. The molecule has 1 aliphatic heterocycles. The fourth-order valence-electron chi connectivity index (χ4n) is 3.81. The Morgan fingerprint density at radius 3 is 2.26 bits per heavy atom. The van der Waals surface area contributed by atoms with E-state index in [1.807, 2.05) is 30.3 Å². The van der Waals surface area contributed by atoms with E-state index in [-0.39, 0.29) is 11.6 Å². The van der Waals surface area contributed by atoms with Crippen LogP contribution in [0.3, 0.4) is 0 Å².